The van der Waals surface area contributed by atoms with Crippen LogP contribution in [0.1, 0.15) is 16.7 Å². The molecule has 0 aromatic heterocycles. The van der Waals surface area contributed by atoms with E-state index in [1.54, 1.807) is 24.3 Å². The molecule has 0 saturated carbocycles. The summed E-state index contributed by atoms with van der Waals surface area (Å²) in [5, 5.41) is 0.357. The van der Waals surface area contributed by atoms with Gasteiger partial charge in [-0.1, -0.05) is 30.3 Å². The Morgan fingerprint density at radius 2 is 1.58 bits per heavy atom. The van der Waals surface area contributed by atoms with Gasteiger partial charge in [0, 0.05) is 0 Å². The molecule has 0 bridgehead atoms. The first-order valence-corrected chi connectivity index (χ1v) is 7.64. The van der Waals surface area contributed by atoms with Gasteiger partial charge in [0.1, 0.15) is 5.75 Å². The van der Waals surface area contributed by atoms with Gasteiger partial charge in [-0.25, -0.2) is 4.57 Å². The summed E-state index contributed by atoms with van der Waals surface area (Å²) < 4.78 is 17.8. The highest BCUT2D eigenvalue weighted by molar-refractivity contribution is 7.61. The van der Waals surface area contributed by atoms with Crippen molar-refractivity contribution in [2.75, 3.05) is 0 Å². The zero-order valence-corrected chi connectivity index (χ0v) is 12.1. The molecule has 100 valence electrons. The van der Waals surface area contributed by atoms with Crippen molar-refractivity contribution < 1.29 is 14.0 Å². The minimum atomic E-state index is -3.86. The molecule has 0 saturated heterocycles. The highest BCUT2D eigenvalue weighted by Crippen LogP contribution is 2.43. The summed E-state index contributed by atoms with van der Waals surface area (Å²) in [5.74, 6) is 0.439. The average Bonchev–Trinajstić information content (AvgIpc) is 2.35. The molecule has 2 aromatic rings. The lowest BCUT2D eigenvalue weighted by atomic mass is 10.1. The molecule has 0 spiro atoms. The first-order valence-electron chi connectivity index (χ1n) is 6.06. The number of benzene rings is 2. The van der Waals surface area contributed by atoms with Crippen molar-refractivity contribution in [3.8, 4) is 5.75 Å². The minimum absolute atomic E-state index is 0.357. The van der Waals surface area contributed by atoms with Crippen molar-refractivity contribution in [2.45, 2.75) is 20.8 Å². The Hall–Kier alpha value is -1.57. The molecule has 0 heterocycles. The van der Waals surface area contributed by atoms with E-state index in [-0.39, 0.29) is 0 Å². The van der Waals surface area contributed by atoms with Crippen LogP contribution in [-0.4, -0.2) is 4.89 Å². The third-order valence-corrected chi connectivity index (χ3v) is 4.73. The standard InChI is InChI=1S/C15H17O3P/c1-11-8-6-10-15(13(11)3)19(16,17)18-14-9-5-4-7-12(14)2/h4-10H,1-3H3,(H,16,17). The fourth-order valence-corrected chi connectivity index (χ4v) is 3.33. The quantitative estimate of drug-likeness (QED) is 0.873. The third-order valence-electron chi connectivity index (χ3n) is 3.20. The summed E-state index contributed by atoms with van der Waals surface area (Å²) in [7, 11) is -3.86. The lowest BCUT2D eigenvalue weighted by Gasteiger charge is -2.17. The summed E-state index contributed by atoms with van der Waals surface area (Å²) in [5.41, 5.74) is 2.60. The Kier molecular flexibility index (Phi) is 3.79. The maximum Gasteiger partial charge on any atom is 0.408 e. The zero-order valence-electron chi connectivity index (χ0n) is 11.3. The second-order valence-corrected chi connectivity index (χ2v) is 6.30. The van der Waals surface area contributed by atoms with Gasteiger partial charge in [-0.05, 0) is 49.6 Å². The third kappa shape index (κ3) is 2.89. The molecule has 1 atom stereocenters. The fraction of sp³-hybridized carbons (Fsp3) is 0.200. The van der Waals surface area contributed by atoms with Gasteiger partial charge in [0.2, 0.25) is 0 Å². The van der Waals surface area contributed by atoms with Crippen LogP contribution in [-0.2, 0) is 4.57 Å². The van der Waals surface area contributed by atoms with Crippen LogP contribution in [0, 0.1) is 20.8 Å². The van der Waals surface area contributed by atoms with Gasteiger partial charge >= 0.3 is 7.60 Å². The molecule has 0 radical (unpaired) electrons. The Bertz CT molecular complexity index is 650. The second-order valence-electron chi connectivity index (χ2n) is 4.60. The molecule has 2 rings (SSSR count). The van der Waals surface area contributed by atoms with Crippen LogP contribution in [0.25, 0.3) is 0 Å². The Labute approximate surface area is 113 Å². The maximum absolute atomic E-state index is 12.4. The zero-order chi connectivity index (χ0) is 14.0. The van der Waals surface area contributed by atoms with Crippen LogP contribution in [0.3, 0.4) is 0 Å². The number of hydrogen-bond acceptors (Lipinski definition) is 2. The van der Waals surface area contributed by atoms with E-state index in [0.29, 0.717) is 11.1 Å². The van der Waals surface area contributed by atoms with E-state index in [9.17, 15) is 9.46 Å². The van der Waals surface area contributed by atoms with E-state index in [1.807, 2.05) is 39.0 Å². The summed E-state index contributed by atoms with van der Waals surface area (Å²) >= 11 is 0. The predicted octanol–water partition coefficient (Wildman–Crippen LogP) is 3.50. The van der Waals surface area contributed by atoms with Crippen molar-refractivity contribution in [3.05, 3.63) is 59.2 Å². The first kappa shape index (κ1) is 13.9. The Morgan fingerprint density at radius 1 is 0.947 bits per heavy atom. The van der Waals surface area contributed by atoms with E-state index in [0.717, 1.165) is 16.7 Å². The molecule has 0 aliphatic carbocycles. The van der Waals surface area contributed by atoms with Crippen molar-refractivity contribution >= 4 is 12.9 Å². The molecule has 1 unspecified atom stereocenters. The highest BCUT2D eigenvalue weighted by atomic mass is 31.2. The molecule has 4 heteroatoms. The van der Waals surface area contributed by atoms with Crippen LogP contribution >= 0.6 is 7.60 Å². The highest BCUT2D eigenvalue weighted by Gasteiger charge is 2.27. The molecule has 0 aliphatic rings. The van der Waals surface area contributed by atoms with E-state index in [2.05, 4.69) is 0 Å². The molecular formula is C15H17O3P. The molecule has 1 N–H and O–H groups in total. The molecule has 0 fully saturated rings. The molecule has 3 nitrogen and oxygen atoms in total. The van der Waals surface area contributed by atoms with Gasteiger partial charge in [0.25, 0.3) is 0 Å². The van der Waals surface area contributed by atoms with Gasteiger partial charge in [0.05, 0.1) is 5.30 Å². The number of rotatable bonds is 3. The lowest BCUT2D eigenvalue weighted by molar-refractivity contribution is 0.392. The van der Waals surface area contributed by atoms with Crippen LogP contribution in [0.2, 0.25) is 0 Å². The van der Waals surface area contributed by atoms with Gasteiger partial charge < -0.3 is 9.42 Å². The van der Waals surface area contributed by atoms with Crippen molar-refractivity contribution in [3.63, 3.8) is 0 Å². The molecule has 0 amide bonds. The average molecular weight is 276 g/mol. The van der Waals surface area contributed by atoms with E-state index in [1.165, 1.54) is 0 Å². The maximum atomic E-state index is 12.4. The van der Waals surface area contributed by atoms with E-state index in [4.69, 9.17) is 4.52 Å². The SMILES string of the molecule is Cc1ccccc1OP(=O)(O)c1cccc(C)c1C. The topological polar surface area (TPSA) is 46.5 Å². The second kappa shape index (κ2) is 5.20. The van der Waals surface area contributed by atoms with Gasteiger partial charge in [-0.2, -0.15) is 0 Å². The van der Waals surface area contributed by atoms with E-state index < -0.39 is 7.60 Å². The summed E-state index contributed by atoms with van der Waals surface area (Å²) in [6, 6.07) is 12.5. The minimum Gasteiger partial charge on any atom is -0.421 e. The number of para-hydroxylation sites is 1. The Morgan fingerprint density at radius 3 is 2.26 bits per heavy atom. The van der Waals surface area contributed by atoms with E-state index >= 15 is 0 Å². The summed E-state index contributed by atoms with van der Waals surface area (Å²) in [4.78, 5) is 10.2. The number of hydrogen-bond donors (Lipinski definition) is 1. The molecule has 2 aromatic carbocycles. The largest absolute Gasteiger partial charge is 0.421 e. The normalized spacial score (nSPS) is 13.9. The number of aryl methyl sites for hydroxylation is 2. The monoisotopic (exact) mass is 276 g/mol. The van der Waals surface area contributed by atoms with Gasteiger partial charge in [-0.3, -0.25) is 0 Å². The smallest absolute Gasteiger partial charge is 0.408 e. The van der Waals surface area contributed by atoms with Crippen molar-refractivity contribution in [1.29, 1.82) is 0 Å². The first-order chi connectivity index (χ1) is 8.92. The van der Waals surface area contributed by atoms with Crippen LogP contribution in [0.4, 0.5) is 0 Å². The van der Waals surface area contributed by atoms with Gasteiger partial charge in [0.15, 0.2) is 0 Å². The fourth-order valence-electron chi connectivity index (χ4n) is 1.88. The van der Waals surface area contributed by atoms with Crippen molar-refractivity contribution in [2.24, 2.45) is 0 Å². The van der Waals surface area contributed by atoms with Crippen LogP contribution in [0.15, 0.2) is 42.5 Å². The Balaban J connectivity index is 2.41. The lowest BCUT2D eigenvalue weighted by Crippen LogP contribution is -2.14. The van der Waals surface area contributed by atoms with Gasteiger partial charge in [-0.15, -0.1) is 0 Å². The van der Waals surface area contributed by atoms with Crippen molar-refractivity contribution in [1.82, 2.24) is 0 Å². The van der Waals surface area contributed by atoms with Crippen LogP contribution in [0.5, 0.6) is 5.75 Å². The molecule has 0 aliphatic heterocycles. The molecular weight excluding hydrogens is 259 g/mol. The van der Waals surface area contributed by atoms with Crippen LogP contribution < -0.4 is 9.83 Å². The summed E-state index contributed by atoms with van der Waals surface area (Å²) in [6.45, 7) is 5.58. The predicted molar refractivity (Wildman–Crippen MR) is 77.2 cm³/mol. The summed E-state index contributed by atoms with van der Waals surface area (Å²) in [6.07, 6.45) is 0. The molecule has 19 heavy (non-hydrogen) atoms.